The molecule has 1 unspecified atom stereocenters. The number of carboxylic acid groups (broad SMARTS) is 3. The molecule has 274 valence electrons. The second-order valence-electron chi connectivity index (χ2n) is 12.7. The number of aryl methyl sites for hydroxylation is 2. The number of carboxylic acids is 3. The summed E-state index contributed by atoms with van der Waals surface area (Å²) in [6, 6.07) is -3.71. The van der Waals surface area contributed by atoms with Gasteiger partial charge in [-0.15, -0.1) is 0 Å². The average Bonchev–Trinajstić information content (AvgIpc) is 3.65. The van der Waals surface area contributed by atoms with Gasteiger partial charge in [0, 0.05) is 71.1 Å². The summed E-state index contributed by atoms with van der Waals surface area (Å²) < 4.78 is 4.19. The molecule has 15 nitrogen and oxygen atoms in total. The van der Waals surface area contributed by atoms with Crippen LogP contribution in [0, 0.1) is 5.92 Å². The number of carbonyl (C=O) groups is 5. The van der Waals surface area contributed by atoms with E-state index in [2.05, 4.69) is 35.1 Å². The van der Waals surface area contributed by atoms with Crippen LogP contribution in [0.4, 0.5) is 4.79 Å². The van der Waals surface area contributed by atoms with E-state index in [1.807, 2.05) is 38.9 Å². The third-order valence-corrected chi connectivity index (χ3v) is 8.65. The Balaban J connectivity index is 1.50. The zero-order chi connectivity index (χ0) is 36.0. The Bertz CT molecular complexity index is 1270. The van der Waals surface area contributed by atoms with Crippen molar-refractivity contribution in [2.75, 3.05) is 6.54 Å². The van der Waals surface area contributed by atoms with E-state index in [9.17, 15) is 29.1 Å². The molecule has 2 heterocycles. The maximum atomic E-state index is 12.2. The fourth-order valence-corrected chi connectivity index (χ4v) is 5.69. The zero-order valence-corrected chi connectivity index (χ0v) is 28.9. The number of aromatic nitrogens is 4. The summed E-state index contributed by atoms with van der Waals surface area (Å²) in [6.45, 7) is 0.387. The first-order chi connectivity index (χ1) is 23.5. The number of carbonyl (C=O) groups excluding carboxylic acids is 2. The molecule has 0 saturated heterocycles. The molecular formula is C34H55N7O8. The van der Waals surface area contributed by atoms with Crippen molar-refractivity contribution < 1.29 is 39.3 Å². The summed E-state index contributed by atoms with van der Waals surface area (Å²) in [5.41, 5.74) is 0. The number of hydrogen-bond donors (Lipinski definition) is 6. The minimum absolute atomic E-state index is 0.0426. The largest absolute Gasteiger partial charge is 0.481 e. The molecule has 2 rings (SSSR count). The zero-order valence-electron chi connectivity index (χ0n) is 28.9. The Kier molecular flexibility index (Phi) is 19.1. The molecule has 0 aliphatic carbocycles. The van der Waals surface area contributed by atoms with Gasteiger partial charge < -0.3 is 40.4 Å². The Hall–Kier alpha value is -4.43. The van der Waals surface area contributed by atoms with E-state index in [4.69, 9.17) is 10.2 Å². The first-order valence-corrected chi connectivity index (χ1v) is 17.4. The molecule has 0 aliphatic rings. The summed E-state index contributed by atoms with van der Waals surface area (Å²) in [4.78, 5) is 66.8. The van der Waals surface area contributed by atoms with E-state index in [1.54, 1.807) is 0 Å². The van der Waals surface area contributed by atoms with E-state index in [0.29, 0.717) is 31.7 Å². The monoisotopic (exact) mass is 689 g/mol. The Labute approximate surface area is 288 Å². The van der Waals surface area contributed by atoms with Crippen molar-refractivity contribution in [3.63, 3.8) is 0 Å². The summed E-state index contributed by atoms with van der Waals surface area (Å²) in [5, 5.41) is 34.4. The van der Waals surface area contributed by atoms with Gasteiger partial charge in [0.2, 0.25) is 5.91 Å². The number of nitrogens with zero attached hydrogens (tertiary/aromatic N) is 4. The van der Waals surface area contributed by atoms with Crippen molar-refractivity contribution >= 4 is 29.8 Å². The van der Waals surface area contributed by atoms with E-state index in [0.717, 1.165) is 56.6 Å². The van der Waals surface area contributed by atoms with E-state index < -0.39 is 42.4 Å². The van der Waals surface area contributed by atoms with Crippen molar-refractivity contribution in [3.05, 3.63) is 36.4 Å². The molecule has 2 aromatic rings. The summed E-state index contributed by atoms with van der Waals surface area (Å²) in [5.74, 6) is -1.22. The number of nitrogens with one attached hydrogen (secondary N) is 3. The van der Waals surface area contributed by atoms with Gasteiger partial charge in [-0.3, -0.25) is 9.59 Å². The van der Waals surface area contributed by atoms with Crippen molar-refractivity contribution in [2.45, 2.75) is 121 Å². The van der Waals surface area contributed by atoms with Gasteiger partial charge in [0.1, 0.15) is 23.7 Å². The lowest BCUT2D eigenvalue weighted by molar-refractivity contribution is -0.140. The lowest BCUT2D eigenvalue weighted by Gasteiger charge is -2.18. The van der Waals surface area contributed by atoms with Crippen molar-refractivity contribution in [3.8, 4) is 0 Å². The van der Waals surface area contributed by atoms with Crippen molar-refractivity contribution in [1.82, 2.24) is 35.1 Å². The highest BCUT2D eigenvalue weighted by atomic mass is 16.4. The first-order valence-electron chi connectivity index (χ1n) is 17.4. The van der Waals surface area contributed by atoms with Crippen LogP contribution in [0.5, 0.6) is 0 Å². The normalized spacial score (nSPS) is 12.4. The SMILES string of the molecule is Cn1ccnc1CC(CCCCCCCCCCC(=O)NCCCCC(NC(=O)N[C@@H](CCC(=O)O)C(=O)O)C(=O)O)Cc1nccn1C. The lowest BCUT2D eigenvalue weighted by Crippen LogP contribution is -2.51. The molecule has 0 spiro atoms. The molecule has 0 fully saturated rings. The maximum Gasteiger partial charge on any atom is 0.326 e. The molecule has 0 aliphatic heterocycles. The van der Waals surface area contributed by atoms with Gasteiger partial charge in [0.05, 0.1) is 0 Å². The minimum atomic E-state index is -1.46. The predicted octanol–water partition coefficient (Wildman–Crippen LogP) is 3.81. The van der Waals surface area contributed by atoms with Gasteiger partial charge in [-0.25, -0.2) is 24.4 Å². The molecule has 49 heavy (non-hydrogen) atoms. The van der Waals surface area contributed by atoms with Crippen LogP contribution in [-0.4, -0.2) is 82.9 Å². The predicted molar refractivity (Wildman–Crippen MR) is 182 cm³/mol. The highest BCUT2D eigenvalue weighted by molar-refractivity contribution is 5.86. The van der Waals surface area contributed by atoms with E-state index >= 15 is 0 Å². The Morgan fingerprint density at radius 2 is 1.14 bits per heavy atom. The topological polar surface area (TPSA) is 218 Å². The highest BCUT2D eigenvalue weighted by Crippen LogP contribution is 2.20. The summed E-state index contributed by atoms with van der Waals surface area (Å²) in [7, 11) is 4.08. The number of amides is 3. The van der Waals surface area contributed by atoms with E-state index in [1.165, 1.54) is 25.7 Å². The van der Waals surface area contributed by atoms with Crippen molar-refractivity contribution in [2.24, 2.45) is 20.0 Å². The fraction of sp³-hybridized carbons (Fsp3) is 0.676. The van der Waals surface area contributed by atoms with E-state index in [-0.39, 0.29) is 18.7 Å². The molecule has 15 heteroatoms. The number of rotatable bonds is 27. The molecule has 3 amide bonds. The van der Waals surface area contributed by atoms with Gasteiger partial charge in [-0.2, -0.15) is 0 Å². The second-order valence-corrected chi connectivity index (χ2v) is 12.7. The van der Waals surface area contributed by atoms with Crippen LogP contribution in [0.3, 0.4) is 0 Å². The minimum Gasteiger partial charge on any atom is -0.481 e. The van der Waals surface area contributed by atoms with Crippen LogP contribution in [0.15, 0.2) is 24.8 Å². The van der Waals surface area contributed by atoms with Gasteiger partial charge >= 0.3 is 23.9 Å². The van der Waals surface area contributed by atoms with Gasteiger partial charge in [0.15, 0.2) is 0 Å². The Morgan fingerprint density at radius 1 is 0.653 bits per heavy atom. The molecule has 6 N–H and O–H groups in total. The number of hydrogen-bond acceptors (Lipinski definition) is 7. The number of urea groups is 1. The molecule has 0 bridgehead atoms. The van der Waals surface area contributed by atoms with Crippen LogP contribution in [-0.2, 0) is 46.1 Å². The van der Waals surface area contributed by atoms with Crippen LogP contribution in [0.2, 0.25) is 0 Å². The number of imidazole rings is 2. The second kappa shape index (κ2) is 23.0. The van der Waals surface area contributed by atoms with Crippen LogP contribution < -0.4 is 16.0 Å². The quantitative estimate of drug-likeness (QED) is 0.0745. The first kappa shape index (κ1) is 40.7. The molecule has 2 atom stereocenters. The molecule has 0 aromatic carbocycles. The number of unbranched alkanes of at least 4 members (excludes halogenated alkanes) is 8. The third kappa shape index (κ3) is 17.5. The molecule has 0 radical (unpaired) electrons. The van der Waals surface area contributed by atoms with Crippen LogP contribution >= 0.6 is 0 Å². The van der Waals surface area contributed by atoms with Gasteiger partial charge in [-0.1, -0.05) is 44.9 Å². The maximum absolute atomic E-state index is 12.2. The lowest BCUT2D eigenvalue weighted by atomic mass is 9.93. The standard InChI is InChI=1S/C34H55N7O8/c1-40-21-19-35-28(40)23-25(24-29-36-20-22-41(29)2)13-9-7-5-3-4-6-8-10-15-30(42)37-18-12-11-14-26(32(45)46)38-34(49)39-27(33(47)48)16-17-31(43)44/h19-22,25-27H,3-18,23-24H2,1-2H3,(H,37,42)(H,43,44)(H,45,46)(H,47,48)(H2,38,39,49)/t26?,27-/m0/s1. The third-order valence-electron chi connectivity index (χ3n) is 8.65. The Morgan fingerprint density at radius 3 is 1.63 bits per heavy atom. The van der Waals surface area contributed by atoms with Crippen LogP contribution in [0.1, 0.15) is 108 Å². The number of aliphatic carboxylic acids is 3. The molecule has 2 aromatic heterocycles. The summed E-state index contributed by atoms with van der Waals surface area (Å²) >= 11 is 0. The van der Waals surface area contributed by atoms with Crippen molar-refractivity contribution in [1.29, 1.82) is 0 Å². The smallest absolute Gasteiger partial charge is 0.326 e. The molecule has 0 saturated carbocycles. The summed E-state index contributed by atoms with van der Waals surface area (Å²) in [6.07, 6.45) is 20.3. The fourth-order valence-electron chi connectivity index (χ4n) is 5.69. The van der Waals surface area contributed by atoms with Gasteiger partial charge in [-0.05, 0) is 44.4 Å². The average molecular weight is 690 g/mol. The molecular weight excluding hydrogens is 634 g/mol. The highest BCUT2D eigenvalue weighted by Gasteiger charge is 2.24. The van der Waals surface area contributed by atoms with Crippen LogP contribution in [0.25, 0.3) is 0 Å². The van der Waals surface area contributed by atoms with Gasteiger partial charge in [0.25, 0.3) is 0 Å².